The highest BCUT2D eigenvalue weighted by Gasteiger charge is 2.24. The van der Waals surface area contributed by atoms with E-state index in [2.05, 4.69) is 9.82 Å². The van der Waals surface area contributed by atoms with E-state index in [0.29, 0.717) is 19.7 Å². The molecule has 1 aliphatic heterocycles. The van der Waals surface area contributed by atoms with Crippen molar-refractivity contribution < 1.29 is 13.2 Å². The third-order valence-corrected chi connectivity index (χ3v) is 5.35. The van der Waals surface area contributed by atoms with Crippen LogP contribution in [0.4, 0.5) is 0 Å². The quantitative estimate of drug-likeness (QED) is 0.874. The predicted molar refractivity (Wildman–Crippen MR) is 86.8 cm³/mol. The van der Waals surface area contributed by atoms with E-state index in [0.717, 1.165) is 24.2 Å². The van der Waals surface area contributed by atoms with Crippen LogP contribution >= 0.6 is 0 Å². The van der Waals surface area contributed by atoms with Gasteiger partial charge in [0.05, 0.1) is 12.8 Å². The van der Waals surface area contributed by atoms with E-state index in [4.69, 9.17) is 4.74 Å². The van der Waals surface area contributed by atoms with Gasteiger partial charge < -0.3 is 4.74 Å². The zero-order valence-electron chi connectivity index (χ0n) is 13.1. The first kappa shape index (κ1) is 16.0. The van der Waals surface area contributed by atoms with Crippen LogP contribution in [0.5, 0.6) is 5.75 Å². The fraction of sp³-hybridized carbons (Fsp3) is 0.438. The van der Waals surface area contributed by atoms with Crippen molar-refractivity contribution in [2.45, 2.75) is 31.3 Å². The fourth-order valence-corrected chi connectivity index (χ4v) is 4.01. The van der Waals surface area contributed by atoms with Crippen LogP contribution in [0.3, 0.4) is 0 Å². The van der Waals surface area contributed by atoms with Crippen molar-refractivity contribution in [3.8, 4) is 5.75 Å². The number of para-hydroxylation sites is 1. The van der Waals surface area contributed by atoms with Crippen LogP contribution in [-0.4, -0.2) is 31.3 Å². The lowest BCUT2D eigenvalue weighted by molar-refractivity contribution is 0.223. The Morgan fingerprint density at radius 3 is 3.00 bits per heavy atom. The highest BCUT2D eigenvalue weighted by molar-refractivity contribution is 7.89. The van der Waals surface area contributed by atoms with E-state index >= 15 is 0 Å². The van der Waals surface area contributed by atoms with Crippen LogP contribution in [0.1, 0.15) is 18.9 Å². The lowest BCUT2D eigenvalue weighted by atomic mass is 9.97. The summed E-state index contributed by atoms with van der Waals surface area (Å²) in [5.41, 5.74) is 1.12. The van der Waals surface area contributed by atoms with Gasteiger partial charge in [-0.25, -0.2) is 13.1 Å². The van der Waals surface area contributed by atoms with Crippen molar-refractivity contribution in [2.75, 3.05) is 13.2 Å². The molecule has 0 amide bonds. The minimum atomic E-state index is -3.55. The van der Waals surface area contributed by atoms with E-state index in [9.17, 15) is 8.42 Å². The second-order valence-corrected chi connectivity index (χ2v) is 7.45. The van der Waals surface area contributed by atoms with E-state index in [-0.39, 0.29) is 10.9 Å². The maximum atomic E-state index is 12.5. The predicted octanol–water partition coefficient (Wildman–Crippen LogP) is 1.82. The molecule has 23 heavy (non-hydrogen) atoms. The smallest absolute Gasteiger partial charge is 0.257 e. The van der Waals surface area contributed by atoms with Crippen molar-refractivity contribution in [3.63, 3.8) is 0 Å². The third kappa shape index (κ3) is 3.56. The fourth-order valence-electron chi connectivity index (χ4n) is 2.75. The first-order chi connectivity index (χ1) is 11.1. The number of aryl methyl sites for hydroxylation is 1. The zero-order valence-corrected chi connectivity index (χ0v) is 13.9. The maximum absolute atomic E-state index is 12.5. The molecule has 1 aromatic heterocycles. The Morgan fingerprint density at radius 1 is 1.35 bits per heavy atom. The number of nitrogens with zero attached hydrogens (tertiary/aromatic N) is 2. The van der Waals surface area contributed by atoms with Crippen LogP contribution in [0, 0.1) is 5.92 Å². The lowest BCUT2D eigenvalue weighted by Crippen LogP contribution is -2.35. The molecule has 0 saturated heterocycles. The van der Waals surface area contributed by atoms with Crippen molar-refractivity contribution in [1.82, 2.24) is 14.5 Å². The summed E-state index contributed by atoms with van der Waals surface area (Å²) >= 11 is 0. The number of rotatable bonds is 6. The van der Waals surface area contributed by atoms with E-state index in [1.165, 1.54) is 16.9 Å². The van der Waals surface area contributed by atoms with Crippen LogP contribution in [0.25, 0.3) is 0 Å². The minimum absolute atomic E-state index is 0.127. The summed E-state index contributed by atoms with van der Waals surface area (Å²) in [5, 5.41) is 4.29. The van der Waals surface area contributed by atoms with E-state index < -0.39 is 10.0 Å². The molecule has 0 spiro atoms. The Balaban J connectivity index is 1.65. The molecule has 2 aromatic rings. The second kappa shape index (κ2) is 6.72. The SMILES string of the molecule is CCCn1nccc1S(=O)(=O)NC[C@@H]1COc2ccccc2C1. The average molecular weight is 335 g/mol. The first-order valence-corrected chi connectivity index (χ1v) is 9.30. The molecule has 1 atom stereocenters. The zero-order chi connectivity index (χ0) is 16.3. The van der Waals surface area contributed by atoms with Crippen molar-refractivity contribution >= 4 is 10.0 Å². The standard InChI is InChI=1S/C16H21N3O3S/c1-2-9-19-16(7-8-17-19)23(20,21)18-11-13-10-14-5-3-4-6-15(14)22-12-13/h3-8,13,18H,2,9-12H2,1H3/t13-/m1/s1. The molecule has 0 bridgehead atoms. The average Bonchev–Trinajstić information content (AvgIpc) is 3.02. The Morgan fingerprint density at radius 2 is 2.17 bits per heavy atom. The van der Waals surface area contributed by atoms with E-state index in [1.807, 2.05) is 31.2 Å². The van der Waals surface area contributed by atoms with Gasteiger partial charge in [-0.2, -0.15) is 5.10 Å². The molecule has 0 saturated carbocycles. The van der Waals surface area contributed by atoms with Crippen LogP contribution in [0.15, 0.2) is 41.6 Å². The number of fused-ring (bicyclic) bond motifs is 1. The van der Waals surface area contributed by atoms with Gasteiger partial charge in [0, 0.05) is 19.0 Å². The summed E-state index contributed by atoms with van der Waals surface area (Å²) in [6, 6.07) is 9.41. The highest BCUT2D eigenvalue weighted by Crippen LogP contribution is 2.26. The summed E-state index contributed by atoms with van der Waals surface area (Å²) in [7, 11) is -3.55. The number of aromatic nitrogens is 2. The summed E-state index contributed by atoms with van der Waals surface area (Å²) in [6.07, 6.45) is 3.16. The van der Waals surface area contributed by atoms with Gasteiger partial charge in [-0.3, -0.25) is 4.68 Å². The molecule has 7 heteroatoms. The van der Waals surface area contributed by atoms with Crippen LogP contribution in [0.2, 0.25) is 0 Å². The molecule has 0 unspecified atom stereocenters. The summed E-state index contributed by atoms with van der Waals surface area (Å²) < 4.78 is 34.8. The number of benzene rings is 1. The Labute approximate surface area is 136 Å². The molecular formula is C16H21N3O3S. The van der Waals surface area contributed by atoms with Crippen LogP contribution < -0.4 is 9.46 Å². The first-order valence-electron chi connectivity index (χ1n) is 7.82. The monoisotopic (exact) mass is 335 g/mol. The van der Waals surface area contributed by atoms with Gasteiger partial charge in [0.2, 0.25) is 0 Å². The minimum Gasteiger partial charge on any atom is -0.493 e. The number of hydrogen-bond acceptors (Lipinski definition) is 4. The van der Waals surface area contributed by atoms with Gasteiger partial charge in [0.25, 0.3) is 10.0 Å². The van der Waals surface area contributed by atoms with Gasteiger partial charge in [0.15, 0.2) is 5.03 Å². The van der Waals surface area contributed by atoms with Gasteiger partial charge in [0.1, 0.15) is 5.75 Å². The summed E-state index contributed by atoms with van der Waals surface area (Å²) in [5.74, 6) is 1.02. The molecular weight excluding hydrogens is 314 g/mol. The van der Waals surface area contributed by atoms with Gasteiger partial charge in [-0.15, -0.1) is 0 Å². The number of hydrogen-bond donors (Lipinski definition) is 1. The van der Waals surface area contributed by atoms with Gasteiger partial charge in [-0.05, 0) is 30.5 Å². The molecule has 0 fully saturated rings. The molecule has 1 N–H and O–H groups in total. The van der Waals surface area contributed by atoms with E-state index in [1.54, 1.807) is 0 Å². The third-order valence-electron chi connectivity index (χ3n) is 3.91. The molecule has 0 aliphatic carbocycles. The highest BCUT2D eigenvalue weighted by atomic mass is 32.2. The molecule has 2 heterocycles. The Bertz CT molecular complexity index is 770. The Hall–Kier alpha value is -1.86. The van der Waals surface area contributed by atoms with Crippen molar-refractivity contribution in [2.24, 2.45) is 5.92 Å². The summed E-state index contributed by atoms with van der Waals surface area (Å²) in [6.45, 7) is 3.45. The van der Waals surface area contributed by atoms with Crippen molar-refractivity contribution in [1.29, 1.82) is 0 Å². The molecule has 124 valence electrons. The van der Waals surface area contributed by atoms with Crippen molar-refractivity contribution in [3.05, 3.63) is 42.1 Å². The molecule has 6 nitrogen and oxygen atoms in total. The number of sulfonamides is 1. The van der Waals surface area contributed by atoms with Crippen LogP contribution in [-0.2, 0) is 23.0 Å². The van der Waals surface area contributed by atoms with Gasteiger partial charge >= 0.3 is 0 Å². The number of ether oxygens (including phenoxy) is 1. The maximum Gasteiger partial charge on any atom is 0.257 e. The Kier molecular flexibility index (Phi) is 4.68. The molecule has 1 aromatic carbocycles. The van der Waals surface area contributed by atoms with Gasteiger partial charge in [-0.1, -0.05) is 25.1 Å². The topological polar surface area (TPSA) is 73.2 Å². The molecule has 0 radical (unpaired) electrons. The molecule has 1 aliphatic rings. The largest absolute Gasteiger partial charge is 0.493 e. The normalized spacial score (nSPS) is 17.5. The summed E-state index contributed by atoms with van der Waals surface area (Å²) in [4.78, 5) is 0. The number of nitrogens with one attached hydrogen (secondary N) is 1. The second-order valence-electron chi connectivity index (χ2n) is 5.73. The lowest BCUT2D eigenvalue weighted by Gasteiger charge is -2.25. The molecule has 3 rings (SSSR count).